The lowest BCUT2D eigenvalue weighted by molar-refractivity contribution is -0.137. The van der Waals surface area contributed by atoms with Gasteiger partial charge in [0.2, 0.25) is 0 Å². The molecule has 1 atom stereocenters. The quantitative estimate of drug-likeness (QED) is 0.694. The molecule has 5 heteroatoms. The second-order valence-electron chi connectivity index (χ2n) is 4.71. The van der Waals surface area contributed by atoms with Gasteiger partial charge in [-0.2, -0.15) is 13.2 Å². The molecule has 2 aromatic carbocycles. The molecule has 0 aliphatic carbocycles. The van der Waals surface area contributed by atoms with Crippen molar-refractivity contribution in [3.63, 3.8) is 0 Å². The number of rotatable bonds is 3. The molecule has 0 fully saturated rings. The van der Waals surface area contributed by atoms with E-state index < -0.39 is 17.1 Å². The second-order valence-corrected chi connectivity index (χ2v) is 5.14. The highest BCUT2D eigenvalue weighted by molar-refractivity contribution is 6.22. The van der Waals surface area contributed by atoms with E-state index in [1.54, 1.807) is 31.4 Å². The van der Waals surface area contributed by atoms with Gasteiger partial charge in [0, 0.05) is 0 Å². The highest BCUT2D eigenvalue weighted by atomic mass is 35.5. The minimum absolute atomic E-state index is 0.416. The number of methoxy groups -OCH3 is 1. The van der Waals surface area contributed by atoms with Gasteiger partial charge < -0.3 is 4.74 Å². The summed E-state index contributed by atoms with van der Waals surface area (Å²) in [6, 6.07) is 10.4. The maximum atomic E-state index is 12.8. The lowest BCUT2D eigenvalue weighted by Gasteiger charge is -2.16. The van der Waals surface area contributed by atoms with Crippen LogP contribution >= 0.6 is 11.6 Å². The fraction of sp³-hybridized carbons (Fsp3) is 0.250. The number of aryl methyl sites for hydroxylation is 1. The molecule has 0 amide bonds. The standard InChI is InChI=1S/C16H14ClF3O/c1-10-8-13(21-2)6-7-14(10)15(17)11-4-3-5-12(9-11)16(18,19)20/h3-9,15H,1-2H3. The van der Waals surface area contributed by atoms with E-state index in [4.69, 9.17) is 16.3 Å². The van der Waals surface area contributed by atoms with E-state index in [0.29, 0.717) is 11.3 Å². The normalized spacial score (nSPS) is 13.0. The zero-order chi connectivity index (χ0) is 15.6. The predicted octanol–water partition coefficient (Wildman–Crippen LogP) is 5.35. The molecular formula is C16H14ClF3O. The number of ether oxygens (including phenoxy) is 1. The summed E-state index contributed by atoms with van der Waals surface area (Å²) in [5.74, 6) is 0.684. The molecule has 1 nitrogen and oxygen atoms in total. The first kappa shape index (κ1) is 15.7. The zero-order valence-corrected chi connectivity index (χ0v) is 12.3. The van der Waals surface area contributed by atoms with Gasteiger partial charge in [0.05, 0.1) is 18.1 Å². The summed E-state index contributed by atoms with van der Waals surface area (Å²) in [6.45, 7) is 1.85. The first-order valence-corrected chi connectivity index (χ1v) is 6.72. The first-order chi connectivity index (χ1) is 9.82. The molecule has 2 aromatic rings. The van der Waals surface area contributed by atoms with Crippen molar-refractivity contribution in [1.29, 1.82) is 0 Å². The van der Waals surface area contributed by atoms with Gasteiger partial charge in [-0.05, 0) is 47.9 Å². The number of benzene rings is 2. The van der Waals surface area contributed by atoms with Gasteiger partial charge in [-0.15, -0.1) is 11.6 Å². The third-order valence-electron chi connectivity index (χ3n) is 3.26. The van der Waals surface area contributed by atoms with Crippen molar-refractivity contribution in [2.75, 3.05) is 7.11 Å². The van der Waals surface area contributed by atoms with Gasteiger partial charge in [0.1, 0.15) is 5.75 Å². The third-order valence-corrected chi connectivity index (χ3v) is 3.74. The van der Waals surface area contributed by atoms with Crippen LogP contribution < -0.4 is 4.74 Å². The Kier molecular flexibility index (Phi) is 4.47. The summed E-state index contributed by atoms with van der Waals surface area (Å²) in [6.07, 6.45) is -4.37. The molecule has 0 saturated heterocycles. The largest absolute Gasteiger partial charge is 0.497 e. The van der Waals surface area contributed by atoms with Crippen LogP contribution in [0.1, 0.15) is 27.6 Å². The van der Waals surface area contributed by atoms with Crippen LogP contribution in [0, 0.1) is 6.92 Å². The molecular weight excluding hydrogens is 301 g/mol. The Morgan fingerprint density at radius 1 is 1.10 bits per heavy atom. The molecule has 0 aromatic heterocycles. The third kappa shape index (κ3) is 3.50. The zero-order valence-electron chi connectivity index (χ0n) is 11.5. The van der Waals surface area contributed by atoms with E-state index in [1.165, 1.54) is 6.07 Å². The maximum Gasteiger partial charge on any atom is 0.416 e. The molecule has 0 bridgehead atoms. The van der Waals surface area contributed by atoms with E-state index in [1.807, 2.05) is 6.92 Å². The minimum atomic E-state index is -4.37. The molecule has 0 heterocycles. The van der Waals surface area contributed by atoms with Crippen LogP contribution in [0.3, 0.4) is 0 Å². The van der Waals surface area contributed by atoms with Crippen LogP contribution in [0.4, 0.5) is 13.2 Å². The number of hydrogen-bond donors (Lipinski definition) is 0. The Morgan fingerprint density at radius 3 is 2.38 bits per heavy atom. The van der Waals surface area contributed by atoms with E-state index >= 15 is 0 Å². The average Bonchev–Trinajstić information content (AvgIpc) is 2.45. The number of hydrogen-bond acceptors (Lipinski definition) is 1. The minimum Gasteiger partial charge on any atom is -0.497 e. The Morgan fingerprint density at radius 2 is 1.81 bits per heavy atom. The Balaban J connectivity index is 2.38. The molecule has 0 spiro atoms. The van der Waals surface area contributed by atoms with Crippen molar-refractivity contribution >= 4 is 11.6 Å². The van der Waals surface area contributed by atoms with Gasteiger partial charge in [-0.25, -0.2) is 0 Å². The fourth-order valence-electron chi connectivity index (χ4n) is 2.11. The molecule has 2 rings (SSSR count). The van der Waals surface area contributed by atoms with Crippen LogP contribution in [-0.4, -0.2) is 7.11 Å². The van der Waals surface area contributed by atoms with Crippen LogP contribution in [-0.2, 0) is 6.18 Å². The Labute approximate surface area is 126 Å². The van der Waals surface area contributed by atoms with E-state index in [9.17, 15) is 13.2 Å². The number of alkyl halides is 4. The number of halogens is 4. The lowest BCUT2D eigenvalue weighted by Crippen LogP contribution is -2.06. The van der Waals surface area contributed by atoms with Crippen LogP contribution in [0.15, 0.2) is 42.5 Å². The Hall–Kier alpha value is -1.68. The SMILES string of the molecule is COc1ccc(C(Cl)c2cccc(C(F)(F)F)c2)c(C)c1. The summed E-state index contributed by atoms with van der Waals surface area (Å²) >= 11 is 6.35. The summed E-state index contributed by atoms with van der Waals surface area (Å²) in [7, 11) is 1.55. The van der Waals surface area contributed by atoms with Gasteiger partial charge in [-0.1, -0.05) is 18.2 Å². The maximum absolute atomic E-state index is 12.8. The first-order valence-electron chi connectivity index (χ1n) is 6.28. The summed E-state index contributed by atoms with van der Waals surface area (Å²) < 4.78 is 43.4. The highest BCUT2D eigenvalue weighted by Crippen LogP contribution is 2.36. The van der Waals surface area contributed by atoms with E-state index in [2.05, 4.69) is 0 Å². The fourth-order valence-corrected chi connectivity index (χ4v) is 2.49. The predicted molar refractivity (Wildman–Crippen MR) is 76.9 cm³/mol. The molecule has 1 unspecified atom stereocenters. The van der Waals surface area contributed by atoms with E-state index in [0.717, 1.165) is 23.3 Å². The lowest BCUT2D eigenvalue weighted by atomic mass is 9.98. The summed E-state index contributed by atoms with van der Waals surface area (Å²) in [5.41, 5.74) is 1.35. The van der Waals surface area contributed by atoms with Gasteiger partial charge in [0.25, 0.3) is 0 Å². The topological polar surface area (TPSA) is 9.23 Å². The molecule has 21 heavy (non-hydrogen) atoms. The highest BCUT2D eigenvalue weighted by Gasteiger charge is 2.31. The molecule has 0 N–H and O–H groups in total. The van der Waals surface area contributed by atoms with Crippen molar-refractivity contribution in [1.82, 2.24) is 0 Å². The van der Waals surface area contributed by atoms with Crippen LogP contribution in [0.25, 0.3) is 0 Å². The van der Waals surface area contributed by atoms with Crippen molar-refractivity contribution in [3.05, 3.63) is 64.7 Å². The van der Waals surface area contributed by atoms with Gasteiger partial charge in [0.15, 0.2) is 0 Å². The summed E-state index contributed by atoms with van der Waals surface area (Å²) in [5, 5.41) is -0.641. The van der Waals surface area contributed by atoms with Crippen molar-refractivity contribution < 1.29 is 17.9 Å². The second kappa shape index (κ2) is 5.98. The molecule has 0 aliphatic rings. The smallest absolute Gasteiger partial charge is 0.416 e. The monoisotopic (exact) mass is 314 g/mol. The molecule has 0 radical (unpaired) electrons. The van der Waals surface area contributed by atoms with Gasteiger partial charge in [-0.3, -0.25) is 0 Å². The Bertz CT molecular complexity index is 638. The molecule has 112 valence electrons. The summed E-state index contributed by atoms with van der Waals surface area (Å²) in [4.78, 5) is 0. The van der Waals surface area contributed by atoms with Crippen molar-refractivity contribution in [3.8, 4) is 5.75 Å². The average molecular weight is 315 g/mol. The van der Waals surface area contributed by atoms with Crippen LogP contribution in [0.5, 0.6) is 5.75 Å². The van der Waals surface area contributed by atoms with Crippen LogP contribution in [0.2, 0.25) is 0 Å². The van der Waals surface area contributed by atoms with Crippen molar-refractivity contribution in [2.45, 2.75) is 18.5 Å². The van der Waals surface area contributed by atoms with E-state index in [-0.39, 0.29) is 0 Å². The van der Waals surface area contributed by atoms with Gasteiger partial charge >= 0.3 is 6.18 Å². The van der Waals surface area contributed by atoms with Crippen molar-refractivity contribution in [2.24, 2.45) is 0 Å². The molecule has 0 saturated carbocycles. The molecule has 0 aliphatic heterocycles.